The van der Waals surface area contributed by atoms with Crippen LogP contribution in [-0.2, 0) is 4.79 Å². The van der Waals surface area contributed by atoms with Crippen molar-refractivity contribution >= 4 is 23.6 Å². The number of urea groups is 1. The number of carbonyl (C=O) groups is 3. The van der Waals surface area contributed by atoms with Crippen molar-refractivity contribution in [1.29, 1.82) is 0 Å². The molecule has 7 nitrogen and oxygen atoms in total. The Kier molecular flexibility index (Phi) is 5.65. The van der Waals surface area contributed by atoms with Crippen LogP contribution in [0.15, 0.2) is 18.2 Å². The Balaban J connectivity index is 2.94. The van der Waals surface area contributed by atoms with E-state index in [2.05, 4.69) is 10.6 Å². The van der Waals surface area contributed by atoms with Crippen molar-refractivity contribution < 1.29 is 23.9 Å². The number of anilines is 1. The van der Waals surface area contributed by atoms with E-state index in [0.29, 0.717) is 0 Å². The molecule has 0 aliphatic carbocycles. The molecular formula is C13H16FN3O4. The van der Waals surface area contributed by atoms with Crippen LogP contribution in [0.2, 0.25) is 0 Å². The van der Waals surface area contributed by atoms with E-state index in [9.17, 15) is 18.8 Å². The zero-order chi connectivity index (χ0) is 16.0. The molecule has 3 N–H and O–H groups in total. The summed E-state index contributed by atoms with van der Waals surface area (Å²) in [6, 6.07) is 2.86. The molecule has 0 aliphatic heterocycles. The number of nitrogens with one attached hydrogen (secondary N) is 2. The molecule has 0 spiro atoms. The average molecular weight is 297 g/mol. The molecule has 8 heteroatoms. The highest BCUT2D eigenvalue weighted by Gasteiger charge is 2.20. The lowest BCUT2D eigenvalue weighted by Crippen LogP contribution is -2.41. The van der Waals surface area contributed by atoms with Crippen molar-refractivity contribution in [3.05, 3.63) is 29.6 Å². The standard InChI is InChI=1S/C13H16FN3O4/c1-3-17(7-10(18)15-2)13(21)16-9-6-4-5-8(14)11(9)12(19)20/h4-6H,3,7H2,1-2H3,(H,15,18)(H,16,21)(H,19,20). The average Bonchev–Trinajstić information content (AvgIpc) is 2.43. The second-order valence-corrected chi connectivity index (χ2v) is 4.09. The highest BCUT2D eigenvalue weighted by molar-refractivity contribution is 6.00. The van der Waals surface area contributed by atoms with Gasteiger partial charge in [-0.15, -0.1) is 0 Å². The Labute approximate surface area is 120 Å². The number of rotatable bonds is 5. The molecule has 114 valence electrons. The monoisotopic (exact) mass is 297 g/mol. The van der Waals surface area contributed by atoms with Gasteiger partial charge in [-0.2, -0.15) is 0 Å². The van der Waals surface area contributed by atoms with Crippen LogP contribution in [0.3, 0.4) is 0 Å². The molecule has 1 aromatic rings. The highest BCUT2D eigenvalue weighted by atomic mass is 19.1. The summed E-state index contributed by atoms with van der Waals surface area (Å²) < 4.78 is 13.5. The number of benzene rings is 1. The molecule has 0 heterocycles. The van der Waals surface area contributed by atoms with Gasteiger partial charge in [0.25, 0.3) is 0 Å². The zero-order valence-electron chi connectivity index (χ0n) is 11.6. The third-order valence-corrected chi connectivity index (χ3v) is 2.75. The van der Waals surface area contributed by atoms with Gasteiger partial charge in [0.1, 0.15) is 17.9 Å². The Bertz CT molecular complexity index is 562. The second-order valence-electron chi connectivity index (χ2n) is 4.09. The number of hydrogen-bond donors (Lipinski definition) is 3. The minimum atomic E-state index is -1.49. The molecule has 0 aromatic heterocycles. The van der Waals surface area contributed by atoms with Crippen LogP contribution >= 0.6 is 0 Å². The van der Waals surface area contributed by atoms with Crippen molar-refractivity contribution in [2.45, 2.75) is 6.92 Å². The fraction of sp³-hybridized carbons (Fsp3) is 0.308. The maximum atomic E-state index is 13.5. The summed E-state index contributed by atoms with van der Waals surface area (Å²) in [7, 11) is 1.43. The van der Waals surface area contributed by atoms with Crippen LogP contribution in [0.25, 0.3) is 0 Å². The maximum absolute atomic E-state index is 13.5. The third kappa shape index (κ3) is 4.16. The van der Waals surface area contributed by atoms with Gasteiger partial charge in [-0.05, 0) is 19.1 Å². The molecule has 0 atom stereocenters. The van der Waals surface area contributed by atoms with Crippen LogP contribution in [0.5, 0.6) is 0 Å². The fourth-order valence-electron chi connectivity index (χ4n) is 1.62. The van der Waals surface area contributed by atoms with Gasteiger partial charge in [0.05, 0.1) is 5.69 Å². The van der Waals surface area contributed by atoms with E-state index in [-0.39, 0.29) is 24.7 Å². The SMILES string of the molecule is CCN(CC(=O)NC)C(=O)Nc1cccc(F)c1C(=O)O. The first kappa shape index (κ1) is 16.4. The topological polar surface area (TPSA) is 98.7 Å². The minimum absolute atomic E-state index is 0.164. The van der Waals surface area contributed by atoms with E-state index in [1.165, 1.54) is 19.2 Å². The van der Waals surface area contributed by atoms with Gasteiger partial charge in [-0.25, -0.2) is 14.0 Å². The number of hydrogen-bond acceptors (Lipinski definition) is 3. The summed E-state index contributed by atoms with van der Waals surface area (Å²) in [4.78, 5) is 35.5. The van der Waals surface area contributed by atoms with Crippen molar-refractivity contribution in [1.82, 2.24) is 10.2 Å². The maximum Gasteiger partial charge on any atom is 0.340 e. The number of carboxylic acid groups (broad SMARTS) is 1. The molecule has 0 bridgehead atoms. The van der Waals surface area contributed by atoms with Gasteiger partial charge < -0.3 is 20.6 Å². The predicted molar refractivity (Wildman–Crippen MR) is 73.7 cm³/mol. The predicted octanol–water partition coefficient (Wildman–Crippen LogP) is 1.12. The van der Waals surface area contributed by atoms with Gasteiger partial charge in [-0.1, -0.05) is 6.07 Å². The van der Waals surface area contributed by atoms with Crippen molar-refractivity contribution in [3.63, 3.8) is 0 Å². The van der Waals surface area contributed by atoms with Crippen molar-refractivity contribution in [3.8, 4) is 0 Å². The Morgan fingerprint density at radius 2 is 2.00 bits per heavy atom. The lowest BCUT2D eigenvalue weighted by molar-refractivity contribution is -0.121. The summed E-state index contributed by atoms with van der Waals surface area (Å²) in [5.74, 6) is -2.81. The van der Waals surface area contributed by atoms with E-state index in [1.807, 2.05) is 0 Å². The molecule has 0 saturated carbocycles. The smallest absolute Gasteiger partial charge is 0.340 e. The van der Waals surface area contributed by atoms with Gasteiger partial charge in [0.15, 0.2) is 0 Å². The number of likely N-dealkylation sites (N-methyl/N-ethyl adjacent to an activating group) is 2. The van der Waals surface area contributed by atoms with Crippen molar-refractivity contribution in [2.75, 3.05) is 25.5 Å². The normalized spacial score (nSPS) is 9.86. The van der Waals surface area contributed by atoms with Gasteiger partial charge in [-0.3, -0.25) is 4.79 Å². The second kappa shape index (κ2) is 7.22. The zero-order valence-corrected chi connectivity index (χ0v) is 11.6. The summed E-state index contributed by atoms with van der Waals surface area (Å²) in [5.41, 5.74) is -0.787. The quantitative estimate of drug-likeness (QED) is 0.758. The first-order valence-electron chi connectivity index (χ1n) is 6.19. The Morgan fingerprint density at radius 3 is 2.52 bits per heavy atom. The fourth-order valence-corrected chi connectivity index (χ4v) is 1.62. The first-order chi connectivity index (χ1) is 9.90. The number of aromatic carboxylic acids is 1. The third-order valence-electron chi connectivity index (χ3n) is 2.75. The molecule has 1 rings (SSSR count). The molecule has 0 radical (unpaired) electrons. The summed E-state index contributed by atoms with van der Waals surface area (Å²) in [5, 5.41) is 13.6. The van der Waals surface area contributed by atoms with Crippen LogP contribution in [0.1, 0.15) is 17.3 Å². The van der Waals surface area contributed by atoms with Crippen LogP contribution in [-0.4, -0.2) is 48.1 Å². The van der Waals surface area contributed by atoms with Gasteiger partial charge in [0.2, 0.25) is 5.91 Å². The summed E-state index contributed by atoms with van der Waals surface area (Å²) in [6.07, 6.45) is 0. The number of carbonyl (C=O) groups excluding carboxylic acids is 2. The summed E-state index contributed by atoms with van der Waals surface area (Å²) in [6.45, 7) is 1.71. The molecule has 0 aliphatic rings. The molecule has 21 heavy (non-hydrogen) atoms. The summed E-state index contributed by atoms with van der Waals surface area (Å²) >= 11 is 0. The lowest BCUT2D eigenvalue weighted by atomic mass is 10.1. The largest absolute Gasteiger partial charge is 0.478 e. The number of halogens is 1. The number of nitrogens with zero attached hydrogens (tertiary/aromatic N) is 1. The number of carboxylic acids is 1. The van der Waals surface area contributed by atoms with E-state index < -0.39 is 23.4 Å². The van der Waals surface area contributed by atoms with Crippen LogP contribution in [0.4, 0.5) is 14.9 Å². The Hall–Kier alpha value is -2.64. The lowest BCUT2D eigenvalue weighted by Gasteiger charge is -2.21. The molecule has 0 saturated heterocycles. The van der Waals surface area contributed by atoms with Crippen LogP contribution < -0.4 is 10.6 Å². The minimum Gasteiger partial charge on any atom is -0.478 e. The van der Waals surface area contributed by atoms with E-state index in [4.69, 9.17) is 5.11 Å². The molecule has 0 fully saturated rings. The van der Waals surface area contributed by atoms with E-state index >= 15 is 0 Å². The molecule has 1 aromatic carbocycles. The molecule has 0 unspecified atom stereocenters. The molecule has 3 amide bonds. The van der Waals surface area contributed by atoms with Gasteiger partial charge in [0, 0.05) is 13.6 Å². The van der Waals surface area contributed by atoms with Gasteiger partial charge >= 0.3 is 12.0 Å². The number of amides is 3. The van der Waals surface area contributed by atoms with Crippen LogP contribution in [0, 0.1) is 5.82 Å². The highest BCUT2D eigenvalue weighted by Crippen LogP contribution is 2.19. The first-order valence-corrected chi connectivity index (χ1v) is 6.19. The van der Waals surface area contributed by atoms with E-state index in [0.717, 1.165) is 11.0 Å². The van der Waals surface area contributed by atoms with Crippen molar-refractivity contribution in [2.24, 2.45) is 0 Å². The molecular weight excluding hydrogens is 281 g/mol. The van der Waals surface area contributed by atoms with E-state index in [1.54, 1.807) is 6.92 Å². The Morgan fingerprint density at radius 1 is 1.33 bits per heavy atom.